The van der Waals surface area contributed by atoms with Crippen LogP contribution in [0, 0.1) is 11.3 Å². The molecule has 0 N–H and O–H groups in total. The largest absolute Gasteiger partial charge is 0.455 e. The zero-order valence-corrected chi connectivity index (χ0v) is 18.1. The van der Waals surface area contributed by atoms with Gasteiger partial charge in [-0.2, -0.15) is 5.26 Å². The molecule has 0 saturated carbocycles. The van der Waals surface area contributed by atoms with Crippen LogP contribution in [0.25, 0.3) is 60.6 Å². The Morgan fingerprint density at radius 2 is 1.50 bits per heavy atom. The van der Waals surface area contributed by atoms with Gasteiger partial charge in [-0.05, 0) is 36.4 Å². The first kappa shape index (κ1) is 18.7. The van der Waals surface area contributed by atoms with Crippen LogP contribution in [0.15, 0.2) is 108 Å². The third-order valence-electron chi connectivity index (χ3n) is 6.56. The first-order chi connectivity index (χ1) is 16.8. The van der Waals surface area contributed by atoms with E-state index in [0.717, 1.165) is 60.6 Å². The zero-order valence-electron chi connectivity index (χ0n) is 18.1. The number of benzene rings is 4. The Bertz CT molecular complexity index is 1930. The smallest absolute Gasteiger partial charge is 0.145 e. The number of para-hydroxylation sites is 3. The summed E-state index contributed by atoms with van der Waals surface area (Å²) >= 11 is 0. The number of rotatable bonds is 2. The molecule has 0 radical (unpaired) electrons. The van der Waals surface area contributed by atoms with E-state index in [1.54, 1.807) is 12.4 Å². The summed E-state index contributed by atoms with van der Waals surface area (Å²) in [6, 6.07) is 33.3. The van der Waals surface area contributed by atoms with Gasteiger partial charge in [0.25, 0.3) is 0 Å². The first-order valence-electron chi connectivity index (χ1n) is 11.1. The summed E-state index contributed by atoms with van der Waals surface area (Å²) < 4.78 is 8.68. The number of pyridine rings is 1. The van der Waals surface area contributed by atoms with Crippen molar-refractivity contribution in [3.05, 3.63) is 109 Å². The van der Waals surface area contributed by atoms with Crippen molar-refractivity contribution in [2.24, 2.45) is 0 Å². The lowest BCUT2D eigenvalue weighted by atomic mass is 10.0. The highest BCUT2D eigenvalue weighted by Gasteiger charge is 2.20. The van der Waals surface area contributed by atoms with Crippen molar-refractivity contribution in [1.29, 1.82) is 5.26 Å². The fraction of sp³-hybridized carbons (Fsp3) is 0. The molecule has 3 aromatic heterocycles. The first-order valence-corrected chi connectivity index (χ1v) is 11.1. The SMILES string of the molecule is N#Cc1cnccc1-c1ccccc1-n1c2ccccc2c2c3oc4ccccc4c3ccc21. The molecule has 0 unspecified atom stereocenters. The Morgan fingerprint density at radius 1 is 0.706 bits per heavy atom. The van der Waals surface area contributed by atoms with E-state index in [-0.39, 0.29) is 0 Å². The minimum Gasteiger partial charge on any atom is -0.455 e. The van der Waals surface area contributed by atoms with Gasteiger partial charge in [-0.25, -0.2) is 0 Å². The molecule has 4 heteroatoms. The van der Waals surface area contributed by atoms with Crippen molar-refractivity contribution in [2.75, 3.05) is 0 Å². The van der Waals surface area contributed by atoms with E-state index in [1.165, 1.54) is 0 Å². The van der Waals surface area contributed by atoms with E-state index in [4.69, 9.17) is 4.42 Å². The molecule has 7 aromatic rings. The van der Waals surface area contributed by atoms with Crippen LogP contribution in [0.1, 0.15) is 5.56 Å². The normalized spacial score (nSPS) is 11.5. The number of nitrogens with zero attached hydrogens (tertiary/aromatic N) is 3. The quantitative estimate of drug-likeness (QED) is 0.281. The fourth-order valence-electron chi connectivity index (χ4n) is 5.11. The van der Waals surface area contributed by atoms with Crippen LogP contribution in [-0.2, 0) is 0 Å². The highest BCUT2D eigenvalue weighted by atomic mass is 16.3. The van der Waals surface area contributed by atoms with Crippen molar-refractivity contribution < 1.29 is 4.42 Å². The van der Waals surface area contributed by atoms with Crippen molar-refractivity contribution in [3.63, 3.8) is 0 Å². The highest BCUT2D eigenvalue weighted by Crippen LogP contribution is 2.42. The summed E-state index contributed by atoms with van der Waals surface area (Å²) in [6.07, 6.45) is 3.35. The maximum atomic E-state index is 9.72. The van der Waals surface area contributed by atoms with Gasteiger partial charge in [0.05, 0.1) is 27.7 Å². The van der Waals surface area contributed by atoms with Gasteiger partial charge < -0.3 is 8.98 Å². The molecule has 0 spiro atoms. The maximum absolute atomic E-state index is 9.72. The molecule has 0 atom stereocenters. The number of hydrogen-bond donors (Lipinski definition) is 0. The van der Waals surface area contributed by atoms with E-state index in [0.29, 0.717) is 5.56 Å². The lowest BCUT2D eigenvalue weighted by Gasteiger charge is -2.14. The Morgan fingerprint density at radius 3 is 2.41 bits per heavy atom. The van der Waals surface area contributed by atoms with E-state index < -0.39 is 0 Å². The maximum Gasteiger partial charge on any atom is 0.145 e. The van der Waals surface area contributed by atoms with Crippen molar-refractivity contribution >= 4 is 43.7 Å². The van der Waals surface area contributed by atoms with Crippen LogP contribution in [0.5, 0.6) is 0 Å². The van der Waals surface area contributed by atoms with Crippen LogP contribution in [0.4, 0.5) is 0 Å². The molecule has 7 rings (SSSR count). The molecule has 3 heterocycles. The molecule has 0 bridgehead atoms. The van der Waals surface area contributed by atoms with E-state index in [1.807, 2.05) is 36.4 Å². The second-order valence-corrected chi connectivity index (χ2v) is 8.34. The number of aromatic nitrogens is 2. The highest BCUT2D eigenvalue weighted by molar-refractivity contribution is 6.24. The van der Waals surface area contributed by atoms with Crippen LogP contribution < -0.4 is 0 Å². The fourth-order valence-corrected chi connectivity index (χ4v) is 5.11. The Balaban J connectivity index is 1.65. The molecule has 34 heavy (non-hydrogen) atoms. The minimum absolute atomic E-state index is 0.551. The molecule has 0 amide bonds. The Labute approximate surface area is 194 Å². The summed E-state index contributed by atoms with van der Waals surface area (Å²) in [7, 11) is 0. The summed E-state index contributed by atoms with van der Waals surface area (Å²) in [5, 5.41) is 14.2. The van der Waals surface area contributed by atoms with Crippen LogP contribution >= 0.6 is 0 Å². The molecule has 158 valence electrons. The number of nitriles is 1. The Kier molecular flexibility index (Phi) is 3.88. The monoisotopic (exact) mass is 435 g/mol. The van der Waals surface area contributed by atoms with E-state index >= 15 is 0 Å². The van der Waals surface area contributed by atoms with Crippen LogP contribution in [0.2, 0.25) is 0 Å². The molecule has 4 nitrogen and oxygen atoms in total. The van der Waals surface area contributed by atoms with Crippen LogP contribution in [0.3, 0.4) is 0 Å². The average molecular weight is 435 g/mol. The molecule has 4 aromatic carbocycles. The molecule has 0 saturated heterocycles. The lowest BCUT2D eigenvalue weighted by Crippen LogP contribution is -1.98. The van der Waals surface area contributed by atoms with Gasteiger partial charge in [0.1, 0.15) is 17.2 Å². The zero-order chi connectivity index (χ0) is 22.6. The van der Waals surface area contributed by atoms with Crippen molar-refractivity contribution in [2.45, 2.75) is 0 Å². The van der Waals surface area contributed by atoms with E-state index in [9.17, 15) is 5.26 Å². The summed E-state index contributed by atoms with van der Waals surface area (Å²) in [6.45, 7) is 0. The Hall–Kier alpha value is -4.88. The second kappa shape index (κ2) is 7.06. The van der Waals surface area contributed by atoms with Gasteiger partial charge in [-0.1, -0.05) is 54.6 Å². The van der Waals surface area contributed by atoms with Gasteiger partial charge in [0.2, 0.25) is 0 Å². The molecular formula is C30H17N3O. The standard InChI is InChI=1S/C30H17N3O/c31-17-19-18-32-16-15-20(19)21-7-1-4-10-25(21)33-26-11-5-2-9-24(26)29-27(33)14-13-23-22-8-3-6-12-28(22)34-30(23)29/h1-16,18H. The number of hydrogen-bond acceptors (Lipinski definition) is 3. The van der Waals surface area contributed by atoms with Gasteiger partial charge in [-0.15, -0.1) is 0 Å². The van der Waals surface area contributed by atoms with Crippen molar-refractivity contribution in [3.8, 4) is 22.9 Å². The lowest BCUT2D eigenvalue weighted by molar-refractivity contribution is 0.673. The summed E-state index contributed by atoms with van der Waals surface area (Å²) in [4.78, 5) is 4.15. The molecule has 0 fully saturated rings. The average Bonchev–Trinajstić information content (AvgIpc) is 3.44. The van der Waals surface area contributed by atoms with Crippen molar-refractivity contribution in [1.82, 2.24) is 9.55 Å². The molecule has 0 aliphatic carbocycles. The minimum atomic E-state index is 0.551. The topological polar surface area (TPSA) is 54.8 Å². The van der Waals surface area contributed by atoms with Gasteiger partial charge in [0, 0.05) is 39.7 Å². The molecular weight excluding hydrogens is 418 g/mol. The predicted molar refractivity (Wildman–Crippen MR) is 136 cm³/mol. The second-order valence-electron chi connectivity index (χ2n) is 8.34. The molecule has 0 aliphatic heterocycles. The third kappa shape index (κ3) is 2.49. The molecule has 0 aliphatic rings. The number of furan rings is 1. The van der Waals surface area contributed by atoms with Gasteiger partial charge in [-0.3, -0.25) is 4.98 Å². The predicted octanol–water partition coefficient (Wildman–Crippen LogP) is 7.62. The van der Waals surface area contributed by atoms with Crippen LogP contribution in [-0.4, -0.2) is 9.55 Å². The van der Waals surface area contributed by atoms with Gasteiger partial charge in [0.15, 0.2) is 0 Å². The summed E-state index contributed by atoms with van der Waals surface area (Å²) in [5.41, 5.74) is 7.34. The number of fused-ring (bicyclic) bond motifs is 7. The van der Waals surface area contributed by atoms with E-state index in [2.05, 4.69) is 70.2 Å². The third-order valence-corrected chi connectivity index (χ3v) is 6.56. The van der Waals surface area contributed by atoms with Gasteiger partial charge >= 0.3 is 0 Å². The summed E-state index contributed by atoms with van der Waals surface area (Å²) in [5.74, 6) is 0.